The zero-order chi connectivity index (χ0) is 22.2. The van der Waals surface area contributed by atoms with Gasteiger partial charge in [0.2, 0.25) is 11.7 Å². The van der Waals surface area contributed by atoms with E-state index in [4.69, 9.17) is 24.7 Å². The van der Waals surface area contributed by atoms with Gasteiger partial charge < -0.3 is 24.7 Å². The Kier molecular flexibility index (Phi) is 5.85. The first-order valence-electron chi connectivity index (χ1n) is 8.87. The number of fused-ring (bicyclic) bond motifs is 1. The smallest absolute Gasteiger partial charge is 0.337 e. The average molecular weight is 431 g/mol. The molecule has 3 rings (SSSR count). The highest BCUT2D eigenvalue weighted by molar-refractivity contribution is 8.04. The molecule has 30 heavy (non-hydrogen) atoms. The van der Waals surface area contributed by atoms with Gasteiger partial charge >= 0.3 is 5.97 Å². The molecule has 0 aromatic heterocycles. The van der Waals surface area contributed by atoms with E-state index in [2.05, 4.69) is 6.07 Å². The maximum Gasteiger partial charge on any atom is 0.337 e. The molecule has 1 fully saturated rings. The third-order valence-electron chi connectivity index (χ3n) is 4.93. The molecule has 0 spiro atoms. The van der Waals surface area contributed by atoms with Crippen LogP contribution in [0.2, 0.25) is 0 Å². The monoisotopic (exact) mass is 431 g/mol. The van der Waals surface area contributed by atoms with Crippen molar-refractivity contribution in [1.82, 2.24) is 4.90 Å². The van der Waals surface area contributed by atoms with Crippen LogP contribution in [-0.4, -0.2) is 50.5 Å². The Labute approximate surface area is 178 Å². The molecule has 0 unspecified atom stereocenters. The first-order valence-corrected chi connectivity index (χ1v) is 9.75. The van der Waals surface area contributed by atoms with E-state index in [0.717, 1.165) is 0 Å². The predicted molar refractivity (Wildman–Crippen MR) is 109 cm³/mol. The Morgan fingerprint density at radius 1 is 1.17 bits per heavy atom. The number of nitriles is 1. The number of nitrogens with two attached hydrogens (primary N) is 1. The molecule has 2 atom stereocenters. The standard InChI is InChI=1S/C20H21N3O6S/c1-9-18(24)23-17(22)11(8-21)14(15(19(23)30-9)20(25)29-5)10-6-12(26-2)16(28-4)13(7-10)27-3/h6-7,9,14H,22H2,1-5H3/t9-,14+/m1/s1. The van der Waals surface area contributed by atoms with Gasteiger partial charge in [-0.25, -0.2) is 4.79 Å². The van der Waals surface area contributed by atoms with Crippen LogP contribution in [0.3, 0.4) is 0 Å². The lowest BCUT2D eigenvalue weighted by atomic mass is 9.82. The fraction of sp³-hybridized carbons (Fsp3) is 0.350. The lowest BCUT2D eigenvalue weighted by Crippen LogP contribution is -2.37. The van der Waals surface area contributed by atoms with Crippen LogP contribution in [0.15, 0.2) is 34.1 Å². The van der Waals surface area contributed by atoms with E-state index in [1.807, 2.05) is 0 Å². The van der Waals surface area contributed by atoms with Crippen molar-refractivity contribution in [1.29, 1.82) is 5.26 Å². The summed E-state index contributed by atoms with van der Waals surface area (Å²) in [5.41, 5.74) is 6.94. The van der Waals surface area contributed by atoms with Crippen LogP contribution in [0.5, 0.6) is 17.2 Å². The highest BCUT2D eigenvalue weighted by Gasteiger charge is 2.47. The van der Waals surface area contributed by atoms with Crippen molar-refractivity contribution in [2.24, 2.45) is 5.73 Å². The summed E-state index contributed by atoms with van der Waals surface area (Å²) in [5, 5.41) is 9.79. The zero-order valence-electron chi connectivity index (χ0n) is 17.1. The van der Waals surface area contributed by atoms with E-state index < -0.39 is 17.1 Å². The summed E-state index contributed by atoms with van der Waals surface area (Å²) in [7, 11) is 5.64. The fourth-order valence-electron chi connectivity index (χ4n) is 3.54. The van der Waals surface area contributed by atoms with Gasteiger partial charge in [0.05, 0.1) is 61.9 Å². The molecule has 0 aliphatic carbocycles. The van der Waals surface area contributed by atoms with E-state index in [9.17, 15) is 14.9 Å². The summed E-state index contributed by atoms with van der Waals surface area (Å²) in [6.45, 7) is 1.71. The molecular formula is C20H21N3O6S. The van der Waals surface area contributed by atoms with Crippen LogP contribution in [0.4, 0.5) is 0 Å². The Bertz CT molecular complexity index is 1000. The fourth-order valence-corrected chi connectivity index (χ4v) is 4.70. The number of amides is 1. The van der Waals surface area contributed by atoms with Crippen molar-refractivity contribution in [3.8, 4) is 23.3 Å². The number of carbonyl (C=O) groups is 2. The van der Waals surface area contributed by atoms with Gasteiger partial charge in [0, 0.05) is 0 Å². The molecule has 0 saturated carbocycles. The van der Waals surface area contributed by atoms with Crippen molar-refractivity contribution in [2.45, 2.75) is 18.1 Å². The number of allylic oxidation sites excluding steroid dienone is 1. The number of hydrogen-bond donors (Lipinski definition) is 1. The predicted octanol–water partition coefficient (Wildman–Crippen LogP) is 1.85. The first-order chi connectivity index (χ1) is 14.3. The van der Waals surface area contributed by atoms with Crippen LogP contribution in [0.25, 0.3) is 0 Å². The highest BCUT2D eigenvalue weighted by Crippen LogP contribution is 2.51. The van der Waals surface area contributed by atoms with E-state index in [-0.39, 0.29) is 22.9 Å². The molecule has 2 heterocycles. The summed E-state index contributed by atoms with van der Waals surface area (Å²) in [6.07, 6.45) is 0. The summed E-state index contributed by atoms with van der Waals surface area (Å²) in [6, 6.07) is 5.34. The van der Waals surface area contributed by atoms with Crippen LogP contribution < -0.4 is 19.9 Å². The van der Waals surface area contributed by atoms with Gasteiger partial charge in [0.25, 0.3) is 0 Å². The lowest BCUT2D eigenvalue weighted by molar-refractivity contribution is -0.136. The molecule has 2 N–H and O–H groups in total. The van der Waals surface area contributed by atoms with Crippen molar-refractivity contribution >= 4 is 23.6 Å². The van der Waals surface area contributed by atoms with Gasteiger partial charge in [0.1, 0.15) is 5.82 Å². The summed E-state index contributed by atoms with van der Waals surface area (Å²) in [4.78, 5) is 26.7. The van der Waals surface area contributed by atoms with Crippen molar-refractivity contribution in [3.63, 3.8) is 0 Å². The number of carbonyl (C=O) groups excluding carboxylic acids is 2. The van der Waals surface area contributed by atoms with Gasteiger partial charge in [0.15, 0.2) is 11.5 Å². The van der Waals surface area contributed by atoms with Crippen molar-refractivity contribution in [3.05, 3.63) is 39.7 Å². The van der Waals surface area contributed by atoms with E-state index in [0.29, 0.717) is 27.8 Å². The molecule has 10 heteroatoms. The molecular weight excluding hydrogens is 410 g/mol. The van der Waals surface area contributed by atoms with E-state index >= 15 is 0 Å². The van der Waals surface area contributed by atoms with Crippen LogP contribution >= 0.6 is 11.8 Å². The molecule has 1 aromatic carbocycles. The average Bonchev–Trinajstić information content (AvgIpc) is 3.06. The molecule has 0 bridgehead atoms. The molecule has 0 radical (unpaired) electrons. The van der Waals surface area contributed by atoms with Crippen LogP contribution in [0.1, 0.15) is 18.4 Å². The minimum absolute atomic E-state index is 0.0132. The number of benzene rings is 1. The molecule has 158 valence electrons. The van der Waals surface area contributed by atoms with Gasteiger partial charge in [-0.1, -0.05) is 11.8 Å². The third-order valence-corrected chi connectivity index (χ3v) is 6.11. The lowest BCUT2D eigenvalue weighted by Gasteiger charge is -2.31. The van der Waals surface area contributed by atoms with Gasteiger partial charge in [-0.2, -0.15) is 5.26 Å². The Morgan fingerprint density at radius 2 is 1.77 bits per heavy atom. The number of hydrogen-bond acceptors (Lipinski definition) is 9. The Hall–Kier alpha value is -3.32. The van der Waals surface area contributed by atoms with E-state index in [1.54, 1.807) is 19.1 Å². The van der Waals surface area contributed by atoms with E-state index in [1.165, 1.54) is 45.1 Å². The second-order valence-corrected chi connectivity index (χ2v) is 7.78. The minimum Gasteiger partial charge on any atom is -0.493 e. The normalized spacial score (nSPS) is 20.7. The van der Waals surface area contributed by atoms with Crippen LogP contribution in [-0.2, 0) is 14.3 Å². The second kappa shape index (κ2) is 8.20. The Balaban J connectivity index is 2.34. The number of esters is 1. The number of rotatable bonds is 5. The molecule has 1 amide bonds. The zero-order valence-corrected chi connectivity index (χ0v) is 18.0. The minimum atomic E-state index is -0.881. The number of thioether (sulfide) groups is 1. The van der Waals surface area contributed by atoms with Crippen molar-refractivity contribution in [2.75, 3.05) is 28.4 Å². The topological polar surface area (TPSA) is 124 Å². The van der Waals surface area contributed by atoms with Crippen molar-refractivity contribution < 1.29 is 28.5 Å². The van der Waals surface area contributed by atoms with Crippen LogP contribution in [0, 0.1) is 11.3 Å². The number of ether oxygens (including phenoxy) is 4. The molecule has 9 nitrogen and oxygen atoms in total. The number of nitrogens with zero attached hydrogens (tertiary/aromatic N) is 2. The molecule has 1 saturated heterocycles. The summed E-state index contributed by atoms with van der Waals surface area (Å²) < 4.78 is 21.2. The second-order valence-electron chi connectivity index (χ2n) is 6.45. The Morgan fingerprint density at radius 3 is 2.23 bits per heavy atom. The highest BCUT2D eigenvalue weighted by atomic mass is 32.2. The largest absolute Gasteiger partial charge is 0.493 e. The molecule has 2 aliphatic rings. The maximum absolute atomic E-state index is 12.8. The maximum atomic E-state index is 12.8. The van der Waals surface area contributed by atoms with Gasteiger partial charge in [-0.05, 0) is 24.6 Å². The van der Waals surface area contributed by atoms with Gasteiger partial charge in [-0.15, -0.1) is 0 Å². The molecule has 1 aromatic rings. The summed E-state index contributed by atoms with van der Waals surface area (Å²) >= 11 is 1.20. The third kappa shape index (κ3) is 3.11. The first kappa shape index (κ1) is 21.4. The SMILES string of the molecule is COC(=O)C1=C2S[C@H](C)C(=O)N2C(N)=C(C#N)[C@@H]1c1cc(OC)c(OC)c(OC)c1. The quantitative estimate of drug-likeness (QED) is 0.695. The summed E-state index contributed by atoms with van der Waals surface area (Å²) in [5.74, 6) is -0.795. The molecule has 2 aliphatic heterocycles. The number of methoxy groups -OCH3 is 4. The van der Waals surface area contributed by atoms with Gasteiger partial charge in [-0.3, -0.25) is 9.69 Å².